The average Bonchev–Trinajstić information content (AvgIpc) is 2.89. The molecule has 0 aliphatic heterocycles. The van der Waals surface area contributed by atoms with Crippen LogP contribution in [0.15, 0.2) is 33.1 Å². The fourth-order valence-electron chi connectivity index (χ4n) is 1.42. The van der Waals surface area contributed by atoms with Crippen LogP contribution in [0.1, 0.15) is 13.8 Å². The minimum Gasteiger partial charge on any atom is -0.481 e. The van der Waals surface area contributed by atoms with Crippen LogP contribution in [0.25, 0.3) is 0 Å². The van der Waals surface area contributed by atoms with Crippen molar-refractivity contribution < 1.29 is 9.53 Å². The first kappa shape index (κ1) is 16.3. The maximum Gasteiger partial charge on any atom is 0.266 e. The van der Waals surface area contributed by atoms with Gasteiger partial charge in [0.15, 0.2) is 10.4 Å². The molecule has 0 spiro atoms. The van der Waals surface area contributed by atoms with Crippen LogP contribution in [0.4, 0.5) is 5.13 Å². The maximum absolute atomic E-state index is 12.0. The van der Waals surface area contributed by atoms with Crippen molar-refractivity contribution in [3.8, 4) is 5.75 Å². The second-order valence-corrected chi connectivity index (χ2v) is 7.41. The third kappa shape index (κ3) is 4.98. The van der Waals surface area contributed by atoms with Gasteiger partial charge >= 0.3 is 0 Å². The molecule has 5 nitrogen and oxygen atoms in total. The molecule has 2 rings (SSSR count). The van der Waals surface area contributed by atoms with Crippen molar-refractivity contribution in [1.29, 1.82) is 0 Å². The second kappa shape index (κ2) is 7.77. The lowest BCUT2D eigenvalue weighted by Crippen LogP contribution is -2.30. The Morgan fingerprint density at radius 2 is 2.14 bits per heavy atom. The lowest BCUT2D eigenvalue weighted by Gasteiger charge is -2.13. The lowest BCUT2D eigenvalue weighted by atomic mass is 10.3. The molecule has 0 bridgehead atoms. The van der Waals surface area contributed by atoms with Crippen LogP contribution >= 0.6 is 39.0 Å². The van der Waals surface area contributed by atoms with Crippen LogP contribution in [0, 0.1) is 0 Å². The summed E-state index contributed by atoms with van der Waals surface area (Å²) in [7, 11) is 0. The maximum atomic E-state index is 12.0. The van der Waals surface area contributed by atoms with Gasteiger partial charge in [0.25, 0.3) is 5.91 Å². The molecule has 1 heterocycles. The largest absolute Gasteiger partial charge is 0.481 e. The summed E-state index contributed by atoms with van der Waals surface area (Å²) in [6, 6.07) is 7.32. The van der Waals surface area contributed by atoms with Gasteiger partial charge in [0.1, 0.15) is 5.75 Å². The summed E-state index contributed by atoms with van der Waals surface area (Å²) in [5.41, 5.74) is 0. The minimum absolute atomic E-state index is 0.248. The van der Waals surface area contributed by atoms with Crippen molar-refractivity contribution in [1.82, 2.24) is 10.2 Å². The third-order valence-electron chi connectivity index (χ3n) is 2.40. The first-order chi connectivity index (χ1) is 10.1. The third-order valence-corrected chi connectivity index (χ3v) is 4.78. The molecule has 0 aliphatic rings. The number of benzene rings is 1. The SMILES string of the molecule is CCSc1nnc(NC(=O)[C@@H](C)Oc2ccc(Br)cc2)s1. The predicted octanol–water partition coefficient (Wildman–Crippen LogP) is 3.82. The number of halogens is 1. The smallest absolute Gasteiger partial charge is 0.266 e. The summed E-state index contributed by atoms with van der Waals surface area (Å²) < 4.78 is 7.38. The van der Waals surface area contributed by atoms with Crippen LogP contribution in [-0.4, -0.2) is 28.0 Å². The topological polar surface area (TPSA) is 64.1 Å². The second-order valence-electron chi connectivity index (χ2n) is 4.01. The molecule has 0 fully saturated rings. The molecule has 1 aromatic carbocycles. The van der Waals surface area contributed by atoms with Crippen LogP contribution in [0.2, 0.25) is 0 Å². The standard InChI is InChI=1S/C13H14BrN3O2S2/c1-3-20-13-17-16-12(21-13)15-11(18)8(2)19-10-6-4-9(14)5-7-10/h4-8H,3H2,1-2H3,(H,15,16,18)/t8-/m1/s1. The molecule has 21 heavy (non-hydrogen) atoms. The zero-order valence-electron chi connectivity index (χ0n) is 11.5. The van der Waals surface area contributed by atoms with E-state index in [-0.39, 0.29) is 5.91 Å². The molecule has 112 valence electrons. The van der Waals surface area contributed by atoms with Crippen molar-refractivity contribution >= 4 is 50.1 Å². The van der Waals surface area contributed by atoms with Crippen molar-refractivity contribution in [2.24, 2.45) is 0 Å². The predicted molar refractivity (Wildman–Crippen MR) is 89.2 cm³/mol. The Bertz CT molecular complexity index is 604. The Labute approximate surface area is 139 Å². The number of nitrogens with zero attached hydrogens (tertiary/aromatic N) is 2. The fourth-order valence-corrected chi connectivity index (χ4v) is 3.34. The Morgan fingerprint density at radius 1 is 1.43 bits per heavy atom. The number of rotatable bonds is 6. The molecular weight excluding hydrogens is 374 g/mol. The van der Waals surface area contributed by atoms with Gasteiger partial charge in [0.05, 0.1) is 0 Å². The number of carbonyl (C=O) groups excluding carboxylic acids is 1. The summed E-state index contributed by atoms with van der Waals surface area (Å²) in [4.78, 5) is 12.0. The average molecular weight is 388 g/mol. The molecule has 1 N–H and O–H groups in total. The molecular formula is C13H14BrN3O2S2. The van der Waals surface area contributed by atoms with E-state index < -0.39 is 6.10 Å². The number of ether oxygens (including phenoxy) is 1. The van der Waals surface area contributed by atoms with Crippen molar-refractivity contribution in [3.05, 3.63) is 28.7 Å². The van der Waals surface area contributed by atoms with E-state index in [9.17, 15) is 4.79 Å². The van der Waals surface area contributed by atoms with E-state index >= 15 is 0 Å². The first-order valence-electron chi connectivity index (χ1n) is 6.28. The zero-order valence-corrected chi connectivity index (χ0v) is 14.7. The Morgan fingerprint density at radius 3 is 2.81 bits per heavy atom. The number of nitrogens with one attached hydrogen (secondary N) is 1. The zero-order chi connectivity index (χ0) is 15.2. The van der Waals surface area contributed by atoms with Gasteiger partial charge in [-0.25, -0.2) is 0 Å². The molecule has 8 heteroatoms. The molecule has 1 amide bonds. The highest BCUT2D eigenvalue weighted by Gasteiger charge is 2.17. The van der Waals surface area contributed by atoms with Gasteiger partial charge in [-0.15, -0.1) is 10.2 Å². The minimum atomic E-state index is -0.614. The van der Waals surface area contributed by atoms with Crippen LogP contribution in [0.5, 0.6) is 5.75 Å². The van der Waals surface area contributed by atoms with Crippen LogP contribution < -0.4 is 10.1 Å². The van der Waals surface area contributed by atoms with Crippen LogP contribution in [0.3, 0.4) is 0 Å². The van der Waals surface area contributed by atoms with E-state index in [0.717, 1.165) is 14.6 Å². The summed E-state index contributed by atoms with van der Waals surface area (Å²) in [5.74, 6) is 1.31. The van der Waals surface area contributed by atoms with Crippen molar-refractivity contribution in [3.63, 3.8) is 0 Å². The Hall–Kier alpha value is -1.12. The summed E-state index contributed by atoms with van der Waals surface area (Å²) in [6.45, 7) is 3.73. The van der Waals surface area contributed by atoms with Crippen molar-refractivity contribution in [2.75, 3.05) is 11.1 Å². The van der Waals surface area contributed by atoms with Gasteiger partial charge in [-0.05, 0) is 36.9 Å². The van der Waals surface area contributed by atoms with Crippen LogP contribution in [-0.2, 0) is 4.79 Å². The number of anilines is 1. The molecule has 0 radical (unpaired) electrons. The monoisotopic (exact) mass is 387 g/mol. The van der Waals surface area contributed by atoms with Gasteiger partial charge < -0.3 is 4.74 Å². The molecule has 1 atom stereocenters. The lowest BCUT2D eigenvalue weighted by molar-refractivity contribution is -0.122. The van der Waals surface area contributed by atoms with Gasteiger partial charge in [-0.2, -0.15) is 0 Å². The summed E-state index contributed by atoms with van der Waals surface area (Å²) in [5, 5.41) is 11.1. The van der Waals surface area contributed by atoms with Gasteiger partial charge in [-0.1, -0.05) is 46.0 Å². The summed E-state index contributed by atoms with van der Waals surface area (Å²) >= 11 is 6.30. The highest BCUT2D eigenvalue weighted by molar-refractivity contribution is 9.10. The van der Waals surface area contributed by atoms with Crippen molar-refractivity contribution in [2.45, 2.75) is 24.3 Å². The molecule has 0 saturated heterocycles. The van der Waals surface area contributed by atoms with Gasteiger partial charge in [-0.3, -0.25) is 10.1 Å². The number of hydrogen-bond donors (Lipinski definition) is 1. The number of hydrogen-bond acceptors (Lipinski definition) is 6. The fraction of sp³-hybridized carbons (Fsp3) is 0.308. The summed E-state index contributed by atoms with van der Waals surface area (Å²) in [6.07, 6.45) is -0.614. The molecule has 2 aromatic rings. The first-order valence-corrected chi connectivity index (χ1v) is 8.87. The molecule has 1 aromatic heterocycles. The number of amides is 1. The van der Waals surface area contributed by atoms with Gasteiger partial charge in [0, 0.05) is 4.47 Å². The van der Waals surface area contributed by atoms with E-state index in [1.807, 2.05) is 19.1 Å². The Balaban J connectivity index is 1.90. The highest BCUT2D eigenvalue weighted by atomic mass is 79.9. The molecule has 0 saturated carbocycles. The number of carbonyl (C=O) groups is 1. The van der Waals surface area contributed by atoms with Gasteiger partial charge in [0.2, 0.25) is 5.13 Å². The van der Waals surface area contributed by atoms with E-state index in [4.69, 9.17) is 4.74 Å². The van der Waals surface area contributed by atoms with E-state index in [1.54, 1.807) is 30.8 Å². The molecule has 0 unspecified atom stereocenters. The number of thioether (sulfide) groups is 1. The normalized spacial score (nSPS) is 12.0. The highest BCUT2D eigenvalue weighted by Crippen LogP contribution is 2.25. The quantitative estimate of drug-likeness (QED) is 0.602. The van der Waals surface area contributed by atoms with E-state index in [2.05, 4.69) is 31.4 Å². The Kier molecular flexibility index (Phi) is 6.01. The number of aromatic nitrogens is 2. The van der Waals surface area contributed by atoms with E-state index in [1.165, 1.54) is 11.3 Å². The molecule has 0 aliphatic carbocycles. The van der Waals surface area contributed by atoms with E-state index in [0.29, 0.717) is 10.9 Å².